The third-order valence-electron chi connectivity index (χ3n) is 2.39. The molecular formula is C11H18O4. The fourth-order valence-corrected chi connectivity index (χ4v) is 1.38. The Balaban J connectivity index is 2.11. The lowest BCUT2D eigenvalue weighted by atomic mass is 10.1. The smallest absolute Gasteiger partial charge is 0.333 e. The standard InChI is InChI=1S/C11H18O4/c1-9(11(12)13-2)3-5-14-7-10-4-6-15-8-10/h3,10H,4-8H2,1-2H3. The van der Waals surface area contributed by atoms with Crippen molar-refractivity contribution in [2.45, 2.75) is 13.3 Å². The molecule has 1 aliphatic rings. The van der Waals surface area contributed by atoms with Crippen LogP contribution in [0.25, 0.3) is 0 Å². The highest BCUT2D eigenvalue weighted by Gasteiger charge is 2.15. The molecule has 0 aromatic heterocycles. The minimum Gasteiger partial charge on any atom is -0.466 e. The van der Waals surface area contributed by atoms with E-state index in [1.165, 1.54) is 7.11 Å². The molecule has 0 N–H and O–H groups in total. The largest absolute Gasteiger partial charge is 0.466 e. The van der Waals surface area contributed by atoms with Gasteiger partial charge in [-0.1, -0.05) is 0 Å². The van der Waals surface area contributed by atoms with E-state index in [-0.39, 0.29) is 5.97 Å². The summed E-state index contributed by atoms with van der Waals surface area (Å²) in [7, 11) is 1.37. The van der Waals surface area contributed by atoms with Gasteiger partial charge in [-0.05, 0) is 19.4 Å². The lowest BCUT2D eigenvalue weighted by molar-refractivity contribution is -0.136. The average molecular weight is 214 g/mol. The van der Waals surface area contributed by atoms with Gasteiger partial charge in [0.25, 0.3) is 0 Å². The molecule has 15 heavy (non-hydrogen) atoms. The Morgan fingerprint density at radius 3 is 3.00 bits per heavy atom. The van der Waals surface area contributed by atoms with Crippen LogP contribution in [0.3, 0.4) is 0 Å². The van der Waals surface area contributed by atoms with Gasteiger partial charge in [-0.15, -0.1) is 0 Å². The highest BCUT2D eigenvalue weighted by molar-refractivity contribution is 5.87. The Labute approximate surface area is 90.2 Å². The molecule has 0 aromatic carbocycles. The summed E-state index contributed by atoms with van der Waals surface area (Å²) in [6, 6.07) is 0. The molecule has 1 unspecified atom stereocenters. The maximum atomic E-state index is 11.0. The van der Waals surface area contributed by atoms with Crippen LogP contribution in [-0.2, 0) is 19.0 Å². The third kappa shape index (κ3) is 4.44. The number of hydrogen-bond acceptors (Lipinski definition) is 4. The van der Waals surface area contributed by atoms with Crippen molar-refractivity contribution >= 4 is 5.97 Å². The van der Waals surface area contributed by atoms with E-state index >= 15 is 0 Å². The maximum absolute atomic E-state index is 11.0. The Bertz CT molecular complexity index is 229. The van der Waals surface area contributed by atoms with E-state index in [0.717, 1.165) is 19.6 Å². The highest BCUT2D eigenvalue weighted by Crippen LogP contribution is 2.12. The van der Waals surface area contributed by atoms with Crippen molar-refractivity contribution in [3.63, 3.8) is 0 Å². The summed E-state index contributed by atoms with van der Waals surface area (Å²) in [5.41, 5.74) is 0.583. The number of carbonyl (C=O) groups excluding carboxylic acids is 1. The van der Waals surface area contributed by atoms with Gasteiger partial charge in [-0.2, -0.15) is 0 Å². The maximum Gasteiger partial charge on any atom is 0.333 e. The Hall–Kier alpha value is -0.870. The zero-order valence-corrected chi connectivity index (χ0v) is 9.32. The topological polar surface area (TPSA) is 44.8 Å². The second kappa shape index (κ2) is 6.58. The Kier molecular flexibility index (Phi) is 5.36. The van der Waals surface area contributed by atoms with Gasteiger partial charge in [-0.3, -0.25) is 0 Å². The summed E-state index contributed by atoms with van der Waals surface area (Å²) >= 11 is 0. The summed E-state index contributed by atoms with van der Waals surface area (Å²) in [5, 5.41) is 0. The molecule has 1 aliphatic heterocycles. The van der Waals surface area contributed by atoms with Crippen molar-refractivity contribution < 1.29 is 19.0 Å². The van der Waals surface area contributed by atoms with E-state index in [1.54, 1.807) is 13.0 Å². The fourth-order valence-electron chi connectivity index (χ4n) is 1.38. The van der Waals surface area contributed by atoms with Gasteiger partial charge < -0.3 is 14.2 Å². The minimum atomic E-state index is -0.303. The monoisotopic (exact) mass is 214 g/mol. The van der Waals surface area contributed by atoms with Gasteiger partial charge >= 0.3 is 5.97 Å². The van der Waals surface area contributed by atoms with Gasteiger partial charge in [0.15, 0.2) is 0 Å². The molecule has 0 spiro atoms. The van der Waals surface area contributed by atoms with E-state index in [4.69, 9.17) is 9.47 Å². The summed E-state index contributed by atoms with van der Waals surface area (Å²) in [6.45, 7) is 4.50. The molecule has 4 heteroatoms. The van der Waals surface area contributed by atoms with E-state index in [2.05, 4.69) is 4.74 Å². The van der Waals surface area contributed by atoms with Crippen LogP contribution in [0.4, 0.5) is 0 Å². The summed E-state index contributed by atoms with van der Waals surface area (Å²) in [4.78, 5) is 11.0. The molecule has 0 aliphatic carbocycles. The average Bonchev–Trinajstić information content (AvgIpc) is 2.75. The molecular weight excluding hydrogens is 196 g/mol. The molecule has 0 aromatic rings. The van der Waals surface area contributed by atoms with Crippen molar-refractivity contribution in [3.8, 4) is 0 Å². The van der Waals surface area contributed by atoms with Gasteiger partial charge in [0.05, 0.1) is 26.9 Å². The molecule has 1 saturated heterocycles. The quantitative estimate of drug-likeness (QED) is 0.391. The normalized spacial score (nSPS) is 21.7. The lowest BCUT2D eigenvalue weighted by Crippen LogP contribution is -2.10. The van der Waals surface area contributed by atoms with Crippen molar-refractivity contribution in [2.24, 2.45) is 5.92 Å². The van der Waals surface area contributed by atoms with Gasteiger partial charge in [0.1, 0.15) is 0 Å². The molecule has 0 amide bonds. The van der Waals surface area contributed by atoms with E-state index in [9.17, 15) is 4.79 Å². The Morgan fingerprint density at radius 2 is 2.40 bits per heavy atom. The number of rotatable bonds is 5. The van der Waals surface area contributed by atoms with Crippen LogP contribution in [0.1, 0.15) is 13.3 Å². The molecule has 0 saturated carbocycles. The summed E-state index contributed by atoms with van der Waals surface area (Å²) in [5.74, 6) is 0.208. The zero-order valence-electron chi connectivity index (χ0n) is 9.32. The molecule has 0 radical (unpaired) electrons. The summed E-state index contributed by atoms with van der Waals surface area (Å²) < 4.78 is 15.2. The van der Waals surface area contributed by atoms with Crippen molar-refractivity contribution in [3.05, 3.63) is 11.6 Å². The molecule has 1 rings (SSSR count). The first kappa shape index (κ1) is 12.2. The van der Waals surface area contributed by atoms with Crippen LogP contribution in [0.2, 0.25) is 0 Å². The molecule has 0 bridgehead atoms. The number of methoxy groups -OCH3 is 1. The van der Waals surface area contributed by atoms with Crippen LogP contribution in [0.15, 0.2) is 11.6 Å². The molecule has 1 fully saturated rings. The number of hydrogen-bond donors (Lipinski definition) is 0. The molecule has 1 heterocycles. The van der Waals surface area contributed by atoms with Gasteiger partial charge in [0, 0.05) is 18.1 Å². The van der Waals surface area contributed by atoms with Crippen LogP contribution >= 0.6 is 0 Å². The van der Waals surface area contributed by atoms with Crippen molar-refractivity contribution in [1.29, 1.82) is 0 Å². The molecule has 86 valence electrons. The van der Waals surface area contributed by atoms with Crippen molar-refractivity contribution in [1.82, 2.24) is 0 Å². The summed E-state index contributed by atoms with van der Waals surface area (Å²) in [6.07, 6.45) is 2.81. The van der Waals surface area contributed by atoms with Crippen LogP contribution < -0.4 is 0 Å². The SMILES string of the molecule is COC(=O)C(C)=CCOCC1CCOC1. The number of carbonyl (C=O) groups is 1. The lowest BCUT2D eigenvalue weighted by Gasteiger charge is -2.06. The minimum absolute atomic E-state index is 0.303. The number of ether oxygens (including phenoxy) is 3. The Morgan fingerprint density at radius 1 is 1.60 bits per heavy atom. The number of esters is 1. The molecule has 4 nitrogen and oxygen atoms in total. The first-order valence-corrected chi connectivity index (χ1v) is 5.14. The van der Waals surface area contributed by atoms with E-state index < -0.39 is 0 Å². The molecule has 1 atom stereocenters. The third-order valence-corrected chi connectivity index (χ3v) is 2.39. The zero-order chi connectivity index (χ0) is 11.1. The predicted octanol–water partition coefficient (Wildman–Crippen LogP) is 1.16. The van der Waals surface area contributed by atoms with Crippen LogP contribution in [-0.4, -0.2) is 39.5 Å². The first-order chi connectivity index (χ1) is 7.24. The second-order valence-electron chi connectivity index (χ2n) is 3.65. The van der Waals surface area contributed by atoms with Gasteiger partial charge in [0.2, 0.25) is 0 Å². The van der Waals surface area contributed by atoms with Gasteiger partial charge in [-0.25, -0.2) is 4.79 Å². The fraction of sp³-hybridized carbons (Fsp3) is 0.727. The first-order valence-electron chi connectivity index (χ1n) is 5.14. The van der Waals surface area contributed by atoms with E-state index in [0.29, 0.717) is 24.7 Å². The van der Waals surface area contributed by atoms with Crippen LogP contribution in [0, 0.1) is 5.92 Å². The van der Waals surface area contributed by atoms with Crippen LogP contribution in [0.5, 0.6) is 0 Å². The highest BCUT2D eigenvalue weighted by atomic mass is 16.5. The predicted molar refractivity (Wildman–Crippen MR) is 55.5 cm³/mol. The second-order valence-corrected chi connectivity index (χ2v) is 3.65. The van der Waals surface area contributed by atoms with Crippen molar-refractivity contribution in [2.75, 3.05) is 33.5 Å². The van der Waals surface area contributed by atoms with E-state index in [1.807, 2.05) is 0 Å².